The maximum atomic E-state index is 12.0. The summed E-state index contributed by atoms with van der Waals surface area (Å²) in [6.45, 7) is 2.35. The molecular weight excluding hydrogens is 308 g/mol. The minimum Gasteiger partial charge on any atom is -0.466 e. The van der Waals surface area contributed by atoms with Crippen LogP contribution in [0.1, 0.15) is 6.92 Å². The second-order valence-electron chi connectivity index (χ2n) is 4.83. The highest BCUT2D eigenvalue weighted by molar-refractivity contribution is 5.91. The molecule has 1 aliphatic heterocycles. The Kier molecular flexibility index (Phi) is 7.20. The molecule has 0 saturated carbocycles. The molecule has 0 aromatic carbocycles. The summed E-state index contributed by atoms with van der Waals surface area (Å²) in [7, 11) is 1.16. The summed E-state index contributed by atoms with van der Waals surface area (Å²) in [6.07, 6.45) is 0.223. The number of rotatable bonds is 5. The van der Waals surface area contributed by atoms with E-state index in [2.05, 4.69) is 9.47 Å². The third kappa shape index (κ3) is 6.07. The standard InChI is InChI=1S/C14H20N2O7/c1-10(17)15-5-7-16(8-6-15)14(21)11(18)9-23-13(20)4-3-12(19)22-2/h3-4,11,18H,5-9H2,1-2H3/b4-3+. The fourth-order valence-electron chi connectivity index (χ4n) is 1.94. The van der Waals surface area contributed by atoms with Crippen LogP contribution in [0.3, 0.4) is 0 Å². The minimum atomic E-state index is -1.49. The predicted molar refractivity (Wildman–Crippen MR) is 77.0 cm³/mol. The van der Waals surface area contributed by atoms with E-state index in [0.29, 0.717) is 26.2 Å². The number of hydrogen-bond acceptors (Lipinski definition) is 7. The molecule has 0 bridgehead atoms. The van der Waals surface area contributed by atoms with E-state index >= 15 is 0 Å². The zero-order valence-corrected chi connectivity index (χ0v) is 13.1. The fraction of sp³-hybridized carbons (Fsp3) is 0.571. The van der Waals surface area contributed by atoms with E-state index in [1.807, 2.05) is 0 Å². The molecule has 9 heteroatoms. The molecule has 1 fully saturated rings. The monoisotopic (exact) mass is 328 g/mol. The van der Waals surface area contributed by atoms with E-state index in [0.717, 1.165) is 19.3 Å². The van der Waals surface area contributed by atoms with Crippen molar-refractivity contribution < 1.29 is 33.8 Å². The second-order valence-corrected chi connectivity index (χ2v) is 4.83. The molecule has 1 N–H and O–H groups in total. The lowest BCUT2D eigenvalue weighted by Crippen LogP contribution is -2.53. The van der Waals surface area contributed by atoms with Crippen LogP contribution in [0.15, 0.2) is 12.2 Å². The van der Waals surface area contributed by atoms with Gasteiger partial charge in [-0.3, -0.25) is 9.59 Å². The number of amides is 2. The first-order chi connectivity index (χ1) is 10.8. The molecule has 0 spiro atoms. The third-order valence-corrected chi connectivity index (χ3v) is 3.26. The molecular formula is C14H20N2O7. The van der Waals surface area contributed by atoms with E-state index < -0.39 is 30.6 Å². The van der Waals surface area contributed by atoms with Crippen LogP contribution in [-0.4, -0.2) is 84.7 Å². The van der Waals surface area contributed by atoms with E-state index in [9.17, 15) is 24.3 Å². The van der Waals surface area contributed by atoms with E-state index in [1.54, 1.807) is 4.90 Å². The van der Waals surface area contributed by atoms with Crippen LogP contribution in [-0.2, 0) is 28.7 Å². The molecule has 1 atom stereocenters. The van der Waals surface area contributed by atoms with Gasteiger partial charge in [0.15, 0.2) is 6.10 Å². The molecule has 9 nitrogen and oxygen atoms in total. The SMILES string of the molecule is COC(=O)/C=C/C(=O)OCC(O)C(=O)N1CCN(C(C)=O)CC1. The highest BCUT2D eigenvalue weighted by atomic mass is 16.5. The van der Waals surface area contributed by atoms with Crippen LogP contribution in [0.4, 0.5) is 0 Å². The normalized spacial score (nSPS) is 16.1. The Morgan fingerprint density at radius 1 is 1.04 bits per heavy atom. The summed E-state index contributed by atoms with van der Waals surface area (Å²) in [5, 5.41) is 9.75. The van der Waals surface area contributed by atoms with Crippen LogP contribution in [0.2, 0.25) is 0 Å². The van der Waals surface area contributed by atoms with E-state index in [4.69, 9.17) is 0 Å². The van der Waals surface area contributed by atoms with Gasteiger partial charge in [-0.15, -0.1) is 0 Å². The summed E-state index contributed by atoms with van der Waals surface area (Å²) < 4.78 is 8.97. The number of aliphatic hydroxyl groups is 1. The average molecular weight is 328 g/mol. The molecule has 128 valence electrons. The van der Waals surface area contributed by atoms with Crippen molar-refractivity contribution in [1.29, 1.82) is 0 Å². The zero-order valence-electron chi connectivity index (χ0n) is 13.1. The van der Waals surface area contributed by atoms with E-state index in [1.165, 1.54) is 11.8 Å². The lowest BCUT2D eigenvalue weighted by Gasteiger charge is -2.35. The first kappa shape index (κ1) is 18.6. The van der Waals surface area contributed by atoms with Crippen molar-refractivity contribution in [2.75, 3.05) is 39.9 Å². The fourth-order valence-corrected chi connectivity index (χ4v) is 1.94. The summed E-state index contributed by atoms with van der Waals surface area (Å²) in [6, 6.07) is 0. The Balaban J connectivity index is 2.37. The van der Waals surface area contributed by atoms with Crippen LogP contribution in [0, 0.1) is 0 Å². The number of aliphatic hydroxyl groups excluding tert-OH is 1. The Morgan fingerprint density at radius 3 is 2.09 bits per heavy atom. The number of hydrogen-bond donors (Lipinski definition) is 1. The number of piperazine rings is 1. The number of carbonyl (C=O) groups excluding carboxylic acids is 4. The van der Waals surface area contributed by atoms with Gasteiger partial charge in [-0.1, -0.05) is 0 Å². The van der Waals surface area contributed by atoms with Gasteiger partial charge in [-0.25, -0.2) is 9.59 Å². The smallest absolute Gasteiger partial charge is 0.331 e. The number of ether oxygens (including phenoxy) is 2. The molecule has 0 aliphatic carbocycles. The quantitative estimate of drug-likeness (QED) is 0.473. The van der Waals surface area contributed by atoms with Gasteiger partial charge in [-0.2, -0.15) is 0 Å². The maximum absolute atomic E-state index is 12.0. The highest BCUT2D eigenvalue weighted by Gasteiger charge is 2.27. The molecule has 0 aromatic heterocycles. The largest absolute Gasteiger partial charge is 0.466 e. The Labute approximate surface area is 133 Å². The first-order valence-corrected chi connectivity index (χ1v) is 7.00. The molecule has 1 heterocycles. The molecule has 1 saturated heterocycles. The third-order valence-electron chi connectivity index (χ3n) is 3.26. The molecule has 1 aliphatic rings. The minimum absolute atomic E-state index is 0.0658. The average Bonchev–Trinajstić information content (AvgIpc) is 2.56. The summed E-state index contributed by atoms with van der Waals surface area (Å²) >= 11 is 0. The Bertz CT molecular complexity index is 495. The van der Waals surface area contributed by atoms with E-state index in [-0.39, 0.29) is 5.91 Å². The van der Waals surface area contributed by atoms with Crippen molar-refractivity contribution in [3.8, 4) is 0 Å². The van der Waals surface area contributed by atoms with Gasteiger partial charge in [0, 0.05) is 45.3 Å². The van der Waals surface area contributed by atoms with Crippen molar-refractivity contribution in [3.05, 3.63) is 12.2 Å². The number of carbonyl (C=O) groups is 4. The summed E-state index contributed by atoms with van der Waals surface area (Å²) in [5.74, 6) is -2.23. The topological polar surface area (TPSA) is 113 Å². The molecule has 23 heavy (non-hydrogen) atoms. The highest BCUT2D eigenvalue weighted by Crippen LogP contribution is 2.05. The number of methoxy groups -OCH3 is 1. The van der Waals surface area contributed by atoms with Gasteiger partial charge in [0.25, 0.3) is 5.91 Å². The van der Waals surface area contributed by atoms with Gasteiger partial charge in [0.2, 0.25) is 5.91 Å². The van der Waals surface area contributed by atoms with Crippen molar-refractivity contribution >= 4 is 23.8 Å². The Hall–Kier alpha value is -2.42. The lowest BCUT2D eigenvalue weighted by atomic mass is 10.2. The van der Waals surface area contributed by atoms with Crippen LogP contribution >= 0.6 is 0 Å². The summed E-state index contributed by atoms with van der Waals surface area (Å²) in [4.78, 5) is 48.3. The number of nitrogens with zero attached hydrogens (tertiary/aromatic N) is 2. The second kappa shape index (κ2) is 8.89. The van der Waals surface area contributed by atoms with Crippen LogP contribution < -0.4 is 0 Å². The van der Waals surface area contributed by atoms with Gasteiger partial charge in [-0.05, 0) is 0 Å². The predicted octanol–water partition coefficient (Wildman–Crippen LogP) is -1.69. The molecule has 0 aromatic rings. The van der Waals surface area contributed by atoms with Crippen molar-refractivity contribution in [2.24, 2.45) is 0 Å². The molecule has 0 radical (unpaired) electrons. The molecule has 2 amide bonds. The Morgan fingerprint density at radius 2 is 1.57 bits per heavy atom. The van der Waals surface area contributed by atoms with Crippen molar-refractivity contribution in [1.82, 2.24) is 9.80 Å². The van der Waals surface area contributed by atoms with Gasteiger partial charge in [0.1, 0.15) is 6.61 Å². The van der Waals surface area contributed by atoms with Gasteiger partial charge in [0.05, 0.1) is 7.11 Å². The molecule has 1 rings (SSSR count). The molecule has 1 unspecified atom stereocenters. The lowest BCUT2D eigenvalue weighted by molar-refractivity contribution is -0.152. The first-order valence-electron chi connectivity index (χ1n) is 7.00. The van der Waals surface area contributed by atoms with Crippen molar-refractivity contribution in [3.63, 3.8) is 0 Å². The summed E-state index contributed by atoms with van der Waals surface area (Å²) in [5.41, 5.74) is 0. The van der Waals surface area contributed by atoms with Crippen LogP contribution in [0.25, 0.3) is 0 Å². The number of esters is 2. The van der Waals surface area contributed by atoms with Crippen molar-refractivity contribution in [2.45, 2.75) is 13.0 Å². The zero-order chi connectivity index (χ0) is 17.4. The van der Waals surface area contributed by atoms with Crippen LogP contribution in [0.5, 0.6) is 0 Å². The van der Waals surface area contributed by atoms with Gasteiger partial charge < -0.3 is 24.4 Å². The van der Waals surface area contributed by atoms with Gasteiger partial charge >= 0.3 is 11.9 Å². The maximum Gasteiger partial charge on any atom is 0.331 e.